The van der Waals surface area contributed by atoms with Crippen molar-refractivity contribution in [1.29, 1.82) is 0 Å². The number of nitrogens with zero attached hydrogens (tertiary/aromatic N) is 3. The molecule has 198 valence electrons. The van der Waals surface area contributed by atoms with Crippen molar-refractivity contribution in [1.82, 2.24) is 14.7 Å². The van der Waals surface area contributed by atoms with E-state index in [4.69, 9.17) is 14.2 Å². The number of anilines is 1. The normalized spacial score (nSPS) is 16.2. The zero-order chi connectivity index (χ0) is 26.2. The molecule has 2 aliphatic rings. The molecule has 1 fully saturated rings. The van der Waals surface area contributed by atoms with E-state index in [2.05, 4.69) is 15.1 Å². The molecule has 0 unspecified atom stereocenters. The van der Waals surface area contributed by atoms with Crippen LogP contribution in [0.4, 0.5) is 5.69 Å². The Morgan fingerprint density at radius 1 is 0.892 bits per heavy atom. The van der Waals surface area contributed by atoms with Crippen molar-refractivity contribution >= 4 is 23.6 Å². The molecule has 2 heterocycles. The number of amides is 2. The summed E-state index contributed by atoms with van der Waals surface area (Å²) < 4.78 is 15.9. The minimum Gasteiger partial charge on any atom is -0.497 e. The maximum atomic E-state index is 12.9. The van der Waals surface area contributed by atoms with Crippen LogP contribution in [0.3, 0.4) is 0 Å². The highest BCUT2D eigenvalue weighted by Gasteiger charge is 2.21. The summed E-state index contributed by atoms with van der Waals surface area (Å²) in [4.78, 5) is 31.7. The fourth-order valence-corrected chi connectivity index (χ4v) is 4.68. The van der Waals surface area contributed by atoms with Gasteiger partial charge in [-0.1, -0.05) is 0 Å². The summed E-state index contributed by atoms with van der Waals surface area (Å²) >= 11 is 0. The van der Waals surface area contributed by atoms with Gasteiger partial charge >= 0.3 is 0 Å². The van der Waals surface area contributed by atoms with Crippen LogP contribution in [0.2, 0.25) is 0 Å². The predicted molar refractivity (Wildman–Crippen MR) is 143 cm³/mol. The number of hydrogen-bond acceptors (Lipinski definition) is 7. The van der Waals surface area contributed by atoms with E-state index < -0.39 is 0 Å². The number of methoxy groups -OCH3 is 3. The third kappa shape index (κ3) is 7.02. The Labute approximate surface area is 218 Å². The van der Waals surface area contributed by atoms with Crippen molar-refractivity contribution in [2.45, 2.75) is 12.8 Å². The van der Waals surface area contributed by atoms with Gasteiger partial charge in [0.1, 0.15) is 5.75 Å². The van der Waals surface area contributed by atoms with Crippen LogP contribution in [0.5, 0.6) is 17.2 Å². The number of carbonyl (C=O) groups excluding carboxylic acids is 2. The Bertz CT molecular complexity index is 1110. The molecule has 1 N–H and O–H groups in total. The van der Waals surface area contributed by atoms with Crippen molar-refractivity contribution in [2.24, 2.45) is 0 Å². The van der Waals surface area contributed by atoms with Crippen molar-refractivity contribution in [3.05, 3.63) is 53.7 Å². The maximum absolute atomic E-state index is 12.9. The Morgan fingerprint density at radius 2 is 1.57 bits per heavy atom. The molecule has 0 radical (unpaired) electrons. The SMILES string of the molecule is COc1ccc(NC(=O)CN2CCN(CCCN3C=Cc4cc(OC)c(OC)cc4CC3=O)CC2)cc1. The van der Waals surface area contributed by atoms with Crippen LogP contribution in [-0.2, 0) is 16.0 Å². The average molecular weight is 509 g/mol. The first-order valence-electron chi connectivity index (χ1n) is 12.6. The quantitative estimate of drug-likeness (QED) is 0.528. The monoisotopic (exact) mass is 508 g/mol. The largest absolute Gasteiger partial charge is 0.497 e. The molecule has 0 saturated carbocycles. The molecule has 2 amide bonds. The van der Waals surface area contributed by atoms with E-state index in [0.717, 1.165) is 61.7 Å². The van der Waals surface area contributed by atoms with Gasteiger partial charge in [0.15, 0.2) is 11.5 Å². The molecule has 0 spiro atoms. The first-order valence-corrected chi connectivity index (χ1v) is 12.6. The van der Waals surface area contributed by atoms with Crippen molar-refractivity contribution in [2.75, 3.05) is 72.5 Å². The Morgan fingerprint density at radius 3 is 2.24 bits per heavy atom. The molecule has 2 aliphatic heterocycles. The van der Waals surface area contributed by atoms with E-state index in [1.807, 2.05) is 48.7 Å². The van der Waals surface area contributed by atoms with E-state index in [0.29, 0.717) is 31.0 Å². The van der Waals surface area contributed by atoms with Gasteiger partial charge in [-0.2, -0.15) is 0 Å². The lowest BCUT2D eigenvalue weighted by Gasteiger charge is -2.34. The number of benzene rings is 2. The van der Waals surface area contributed by atoms with Crippen molar-refractivity contribution < 1.29 is 23.8 Å². The zero-order valence-corrected chi connectivity index (χ0v) is 21.9. The number of ether oxygens (including phenoxy) is 3. The smallest absolute Gasteiger partial charge is 0.238 e. The molecular weight excluding hydrogens is 472 g/mol. The van der Waals surface area contributed by atoms with Gasteiger partial charge in [0.05, 0.1) is 34.3 Å². The standard InChI is InChI=1S/C28H36N4O5/c1-35-24-7-5-23(6-8-24)29-27(33)20-31-15-13-30(14-16-31)10-4-11-32-12-9-21-17-25(36-2)26(37-3)18-22(21)19-28(32)34/h5-9,12,17-18H,4,10-11,13-16,19-20H2,1-3H3,(H,29,33). The van der Waals surface area contributed by atoms with Gasteiger partial charge in [0.25, 0.3) is 0 Å². The van der Waals surface area contributed by atoms with E-state index in [-0.39, 0.29) is 11.8 Å². The highest BCUT2D eigenvalue weighted by Crippen LogP contribution is 2.32. The lowest BCUT2D eigenvalue weighted by Crippen LogP contribution is -2.49. The van der Waals surface area contributed by atoms with Gasteiger partial charge in [-0.15, -0.1) is 0 Å². The summed E-state index contributed by atoms with van der Waals surface area (Å²) in [6, 6.07) is 11.1. The molecule has 37 heavy (non-hydrogen) atoms. The molecule has 2 aromatic rings. The highest BCUT2D eigenvalue weighted by molar-refractivity contribution is 5.92. The topological polar surface area (TPSA) is 83.6 Å². The Balaban J connectivity index is 1.18. The lowest BCUT2D eigenvalue weighted by molar-refractivity contribution is -0.127. The summed E-state index contributed by atoms with van der Waals surface area (Å²) in [6.45, 7) is 5.47. The van der Waals surface area contributed by atoms with Crippen LogP contribution in [0.15, 0.2) is 42.6 Å². The molecular formula is C28H36N4O5. The molecule has 0 bridgehead atoms. The lowest BCUT2D eigenvalue weighted by atomic mass is 10.0. The van der Waals surface area contributed by atoms with Crippen molar-refractivity contribution in [3.63, 3.8) is 0 Å². The summed E-state index contributed by atoms with van der Waals surface area (Å²) in [5, 5.41) is 2.94. The molecule has 1 saturated heterocycles. The second kappa shape index (κ2) is 12.6. The first-order chi connectivity index (χ1) is 18.0. The van der Waals surface area contributed by atoms with Crippen LogP contribution in [0.1, 0.15) is 17.5 Å². The van der Waals surface area contributed by atoms with Crippen LogP contribution in [0, 0.1) is 0 Å². The van der Waals surface area contributed by atoms with E-state index in [1.165, 1.54) is 0 Å². The number of piperazine rings is 1. The molecule has 4 rings (SSSR count). The number of fused-ring (bicyclic) bond motifs is 1. The summed E-state index contributed by atoms with van der Waals surface area (Å²) in [5.41, 5.74) is 2.68. The number of carbonyl (C=O) groups is 2. The Hall–Kier alpha value is -3.56. The molecule has 0 aliphatic carbocycles. The molecule has 9 heteroatoms. The third-order valence-electron chi connectivity index (χ3n) is 6.82. The van der Waals surface area contributed by atoms with Crippen LogP contribution in [-0.4, -0.2) is 93.7 Å². The van der Waals surface area contributed by atoms with Gasteiger partial charge in [0.2, 0.25) is 11.8 Å². The van der Waals surface area contributed by atoms with Gasteiger partial charge in [-0.05, 0) is 66.6 Å². The predicted octanol–water partition coefficient (Wildman–Crippen LogP) is 2.71. The third-order valence-corrected chi connectivity index (χ3v) is 6.82. The second-order valence-corrected chi connectivity index (χ2v) is 9.23. The number of nitrogens with one attached hydrogen (secondary N) is 1. The molecule has 0 aromatic heterocycles. The van der Waals surface area contributed by atoms with E-state index in [9.17, 15) is 9.59 Å². The molecule has 0 atom stereocenters. The van der Waals surface area contributed by atoms with Gasteiger partial charge in [0, 0.05) is 44.6 Å². The summed E-state index contributed by atoms with van der Waals surface area (Å²) in [6.07, 6.45) is 5.06. The summed E-state index contributed by atoms with van der Waals surface area (Å²) in [7, 11) is 4.83. The number of hydrogen-bond donors (Lipinski definition) is 1. The second-order valence-electron chi connectivity index (χ2n) is 9.23. The Kier molecular flexibility index (Phi) is 9.03. The van der Waals surface area contributed by atoms with Crippen molar-refractivity contribution in [3.8, 4) is 17.2 Å². The summed E-state index contributed by atoms with van der Waals surface area (Å²) in [5.74, 6) is 2.12. The van der Waals surface area contributed by atoms with Crippen LogP contribution in [0.25, 0.3) is 6.08 Å². The maximum Gasteiger partial charge on any atom is 0.238 e. The van der Waals surface area contributed by atoms with Gasteiger partial charge < -0.3 is 29.3 Å². The molecule has 9 nitrogen and oxygen atoms in total. The van der Waals surface area contributed by atoms with Crippen LogP contribution < -0.4 is 19.5 Å². The fourth-order valence-electron chi connectivity index (χ4n) is 4.68. The average Bonchev–Trinajstić information content (AvgIpc) is 3.06. The van der Waals surface area contributed by atoms with Gasteiger partial charge in [-0.3, -0.25) is 14.5 Å². The fraction of sp³-hybridized carbons (Fsp3) is 0.429. The van der Waals surface area contributed by atoms with Gasteiger partial charge in [-0.25, -0.2) is 0 Å². The highest BCUT2D eigenvalue weighted by atomic mass is 16.5. The minimum atomic E-state index is -0.0127. The number of rotatable bonds is 10. The minimum absolute atomic E-state index is 0.0127. The zero-order valence-electron chi connectivity index (χ0n) is 21.9. The molecule has 2 aromatic carbocycles. The van der Waals surface area contributed by atoms with E-state index >= 15 is 0 Å². The first kappa shape index (κ1) is 26.5. The van der Waals surface area contributed by atoms with Crippen LogP contribution >= 0.6 is 0 Å². The van der Waals surface area contributed by atoms with E-state index in [1.54, 1.807) is 26.2 Å².